The number of nitrogens with one attached hydrogen (secondary N) is 2. The van der Waals surface area contributed by atoms with Gasteiger partial charge in [0.15, 0.2) is 6.10 Å². The lowest BCUT2D eigenvalue weighted by Crippen LogP contribution is -2.30. The molecule has 25 heavy (non-hydrogen) atoms. The molecule has 2 amide bonds. The van der Waals surface area contributed by atoms with E-state index in [4.69, 9.17) is 10.5 Å². The van der Waals surface area contributed by atoms with Gasteiger partial charge in [0.25, 0.3) is 5.91 Å². The van der Waals surface area contributed by atoms with Gasteiger partial charge in [-0.15, -0.1) is 0 Å². The van der Waals surface area contributed by atoms with Gasteiger partial charge >= 0.3 is 5.97 Å². The molecule has 1 aromatic heterocycles. The van der Waals surface area contributed by atoms with Gasteiger partial charge < -0.3 is 21.1 Å². The lowest BCUT2D eigenvalue weighted by Gasteiger charge is -2.14. The van der Waals surface area contributed by atoms with Crippen molar-refractivity contribution in [1.29, 1.82) is 0 Å². The summed E-state index contributed by atoms with van der Waals surface area (Å²) in [5.74, 6) is -1.36. The van der Waals surface area contributed by atoms with Crippen LogP contribution >= 0.6 is 11.5 Å². The molecule has 2 aromatic rings. The highest BCUT2D eigenvalue weighted by atomic mass is 32.1. The average molecular weight is 362 g/mol. The third kappa shape index (κ3) is 4.77. The summed E-state index contributed by atoms with van der Waals surface area (Å²) in [6.45, 7) is 4.51. The van der Waals surface area contributed by atoms with E-state index in [2.05, 4.69) is 15.0 Å². The lowest BCUT2D eigenvalue weighted by molar-refractivity contribution is -0.123. The molecule has 0 saturated carbocycles. The molecule has 0 bridgehead atoms. The number of carbonyl (C=O) groups excluding carboxylic acids is 3. The maximum Gasteiger partial charge on any atom is 0.343 e. The van der Waals surface area contributed by atoms with E-state index in [-0.39, 0.29) is 16.5 Å². The minimum atomic E-state index is -1.01. The van der Waals surface area contributed by atoms with Crippen molar-refractivity contribution in [3.63, 3.8) is 0 Å². The zero-order valence-electron chi connectivity index (χ0n) is 14.0. The molecule has 0 spiro atoms. The van der Waals surface area contributed by atoms with E-state index in [0.717, 1.165) is 11.5 Å². The van der Waals surface area contributed by atoms with Gasteiger partial charge in [-0.25, -0.2) is 4.79 Å². The zero-order chi connectivity index (χ0) is 18.6. The highest BCUT2D eigenvalue weighted by molar-refractivity contribution is 7.10. The van der Waals surface area contributed by atoms with Crippen molar-refractivity contribution in [3.8, 4) is 0 Å². The molecule has 2 rings (SSSR count). The third-order valence-corrected chi connectivity index (χ3v) is 3.99. The van der Waals surface area contributed by atoms with Crippen molar-refractivity contribution in [2.24, 2.45) is 0 Å². The fourth-order valence-corrected chi connectivity index (χ4v) is 2.64. The number of aryl methyl sites for hydroxylation is 1. The van der Waals surface area contributed by atoms with Crippen LogP contribution in [0.4, 0.5) is 16.4 Å². The Bertz CT molecular complexity index is 781. The van der Waals surface area contributed by atoms with Gasteiger partial charge in [0.2, 0.25) is 5.91 Å². The van der Waals surface area contributed by atoms with Gasteiger partial charge in [-0.05, 0) is 49.6 Å². The highest BCUT2D eigenvalue weighted by Crippen LogP contribution is 2.22. The number of hydrogen-bond acceptors (Lipinski definition) is 7. The van der Waals surface area contributed by atoms with Gasteiger partial charge in [0, 0.05) is 18.3 Å². The maximum atomic E-state index is 12.1. The van der Waals surface area contributed by atoms with Crippen LogP contribution in [0.15, 0.2) is 24.3 Å². The van der Waals surface area contributed by atoms with Crippen molar-refractivity contribution in [2.75, 3.05) is 16.4 Å². The van der Waals surface area contributed by atoms with Crippen LogP contribution in [-0.4, -0.2) is 28.3 Å². The molecule has 1 atom stereocenters. The molecule has 1 aromatic carbocycles. The van der Waals surface area contributed by atoms with Crippen LogP contribution in [-0.2, 0) is 14.3 Å². The minimum Gasteiger partial charge on any atom is -0.449 e. The SMILES string of the molecule is CC(=O)Nc1ccc(NC(=O)[C@H](C)OC(=O)c2c(C)nsc2N)cc1. The normalized spacial score (nSPS) is 11.5. The zero-order valence-corrected chi connectivity index (χ0v) is 14.8. The Morgan fingerprint density at radius 1 is 1.16 bits per heavy atom. The van der Waals surface area contributed by atoms with Gasteiger partial charge in [-0.3, -0.25) is 9.59 Å². The Morgan fingerprint density at radius 3 is 2.20 bits per heavy atom. The second-order valence-corrected chi connectivity index (χ2v) is 6.11. The van der Waals surface area contributed by atoms with Crippen LogP contribution < -0.4 is 16.4 Å². The van der Waals surface area contributed by atoms with E-state index in [1.165, 1.54) is 13.8 Å². The summed E-state index contributed by atoms with van der Waals surface area (Å²) >= 11 is 0.999. The summed E-state index contributed by atoms with van der Waals surface area (Å²) in [7, 11) is 0. The second kappa shape index (κ2) is 7.75. The van der Waals surface area contributed by atoms with Crippen molar-refractivity contribution >= 4 is 45.7 Å². The standard InChI is InChI=1S/C16H18N4O4S/c1-8-13(14(17)25-20-8)16(23)24-9(2)15(22)19-12-6-4-11(5-7-12)18-10(3)21/h4-7,9H,17H2,1-3H3,(H,18,21)(H,19,22)/t9-/m0/s1. The van der Waals surface area contributed by atoms with Gasteiger partial charge in [-0.2, -0.15) is 4.37 Å². The van der Waals surface area contributed by atoms with E-state index in [0.29, 0.717) is 17.1 Å². The first-order valence-corrected chi connectivity index (χ1v) is 8.16. The third-order valence-electron chi connectivity index (χ3n) is 3.22. The average Bonchev–Trinajstić information content (AvgIpc) is 2.87. The fraction of sp³-hybridized carbons (Fsp3) is 0.250. The Kier molecular flexibility index (Phi) is 5.71. The topological polar surface area (TPSA) is 123 Å². The van der Waals surface area contributed by atoms with Crippen LogP contribution in [0, 0.1) is 6.92 Å². The summed E-state index contributed by atoms with van der Waals surface area (Å²) in [6.07, 6.45) is -1.01. The van der Waals surface area contributed by atoms with Gasteiger partial charge in [0.1, 0.15) is 10.6 Å². The number of amides is 2. The molecular weight excluding hydrogens is 344 g/mol. The summed E-state index contributed by atoms with van der Waals surface area (Å²) in [4.78, 5) is 35.2. The number of aromatic nitrogens is 1. The number of benzene rings is 1. The number of esters is 1. The molecule has 9 heteroatoms. The van der Waals surface area contributed by atoms with E-state index < -0.39 is 18.0 Å². The first-order chi connectivity index (χ1) is 11.8. The molecule has 4 N–H and O–H groups in total. The number of hydrogen-bond donors (Lipinski definition) is 3. The van der Waals surface area contributed by atoms with E-state index in [1.807, 2.05) is 0 Å². The Balaban J connectivity index is 1.96. The largest absolute Gasteiger partial charge is 0.449 e. The van der Waals surface area contributed by atoms with Crippen LogP contribution in [0.1, 0.15) is 29.9 Å². The second-order valence-electron chi connectivity index (χ2n) is 5.30. The number of ether oxygens (including phenoxy) is 1. The van der Waals surface area contributed by atoms with E-state index in [1.54, 1.807) is 31.2 Å². The van der Waals surface area contributed by atoms with E-state index in [9.17, 15) is 14.4 Å². The quantitative estimate of drug-likeness (QED) is 0.701. The monoisotopic (exact) mass is 362 g/mol. The summed E-state index contributed by atoms with van der Waals surface area (Å²) in [5, 5.41) is 5.50. The summed E-state index contributed by atoms with van der Waals surface area (Å²) in [5.41, 5.74) is 7.46. The molecule has 0 aliphatic heterocycles. The molecule has 0 unspecified atom stereocenters. The van der Waals surface area contributed by atoms with Crippen molar-refractivity contribution in [2.45, 2.75) is 26.9 Å². The number of nitrogens with zero attached hydrogens (tertiary/aromatic N) is 1. The predicted molar refractivity (Wildman–Crippen MR) is 95.5 cm³/mol. The molecular formula is C16H18N4O4S. The number of carbonyl (C=O) groups is 3. The number of rotatable bonds is 5. The van der Waals surface area contributed by atoms with Crippen molar-refractivity contribution in [3.05, 3.63) is 35.5 Å². The smallest absolute Gasteiger partial charge is 0.343 e. The fourth-order valence-electron chi connectivity index (χ4n) is 1.99. The molecule has 0 aliphatic rings. The molecule has 0 fully saturated rings. The predicted octanol–water partition coefficient (Wildman–Crippen LogP) is 2.18. The van der Waals surface area contributed by atoms with Gasteiger partial charge in [-0.1, -0.05) is 0 Å². The van der Waals surface area contributed by atoms with Crippen molar-refractivity contribution < 1.29 is 19.1 Å². The Hall–Kier alpha value is -2.94. The first-order valence-electron chi connectivity index (χ1n) is 7.39. The molecule has 0 aliphatic carbocycles. The number of nitrogen functional groups attached to an aromatic ring is 1. The first kappa shape index (κ1) is 18.4. The molecule has 1 heterocycles. The number of nitrogens with two attached hydrogens (primary N) is 1. The minimum absolute atomic E-state index is 0.185. The molecule has 8 nitrogen and oxygen atoms in total. The Labute approximate surface area is 148 Å². The van der Waals surface area contributed by atoms with Crippen LogP contribution in [0.2, 0.25) is 0 Å². The molecule has 0 radical (unpaired) electrons. The highest BCUT2D eigenvalue weighted by Gasteiger charge is 2.23. The van der Waals surface area contributed by atoms with E-state index >= 15 is 0 Å². The van der Waals surface area contributed by atoms with Crippen LogP contribution in [0.25, 0.3) is 0 Å². The number of anilines is 3. The maximum absolute atomic E-state index is 12.1. The Morgan fingerprint density at radius 2 is 1.72 bits per heavy atom. The van der Waals surface area contributed by atoms with Crippen molar-refractivity contribution in [1.82, 2.24) is 4.37 Å². The van der Waals surface area contributed by atoms with Gasteiger partial charge in [0.05, 0.1) is 5.69 Å². The van der Waals surface area contributed by atoms with Crippen LogP contribution in [0.3, 0.4) is 0 Å². The summed E-state index contributed by atoms with van der Waals surface area (Å²) < 4.78 is 9.12. The lowest BCUT2D eigenvalue weighted by atomic mass is 10.2. The molecule has 0 saturated heterocycles. The molecule has 132 valence electrons. The van der Waals surface area contributed by atoms with Crippen LogP contribution in [0.5, 0.6) is 0 Å². The summed E-state index contributed by atoms with van der Waals surface area (Å²) in [6, 6.07) is 6.55.